The van der Waals surface area contributed by atoms with Gasteiger partial charge in [0.05, 0.1) is 28.5 Å². The van der Waals surface area contributed by atoms with E-state index in [1.807, 2.05) is 56.3 Å². The van der Waals surface area contributed by atoms with Crippen molar-refractivity contribution in [1.82, 2.24) is 24.8 Å². The number of aromatic nitrogens is 3. The van der Waals surface area contributed by atoms with Gasteiger partial charge in [0.2, 0.25) is 5.91 Å². The Labute approximate surface area is 300 Å². The summed E-state index contributed by atoms with van der Waals surface area (Å²) in [4.78, 5) is 41.8. The highest BCUT2D eigenvalue weighted by Crippen LogP contribution is 2.46. The zero-order valence-electron chi connectivity index (χ0n) is 30.6. The number of hydrogen-bond donors (Lipinski definition) is 2. The van der Waals surface area contributed by atoms with Gasteiger partial charge in [-0.2, -0.15) is 0 Å². The highest BCUT2D eigenvalue weighted by atomic mass is 19.1. The molecule has 0 radical (unpaired) electrons. The summed E-state index contributed by atoms with van der Waals surface area (Å²) in [6, 6.07) is 14.8. The van der Waals surface area contributed by atoms with E-state index >= 15 is 0 Å². The average Bonchev–Trinajstić information content (AvgIpc) is 3.68. The Kier molecular flexibility index (Phi) is 8.44. The molecule has 9 nitrogen and oxygen atoms in total. The quantitative estimate of drug-likeness (QED) is 0.176. The molecule has 51 heavy (non-hydrogen) atoms. The number of amides is 2. The SMILES string of the molecule is Cc1ccc(Nc2nc(-c3ccc4c(c3)N(CC3CC(N5CCCCC5)C3)C(=O)C4(C)C)cc3ncn(C(C)C)c23)cc1C(=O)NC1(CF)CC1. The number of aryl methyl sites for hydroxylation is 1. The Morgan fingerprint density at radius 3 is 2.51 bits per heavy atom. The minimum atomic E-state index is -0.725. The summed E-state index contributed by atoms with van der Waals surface area (Å²) in [6.07, 6.45) is 9.42. The number of alkyl halides is 1. The lowest BCUT2D eigenvalue weighted by Crippen LogP contribution is -2.50. The fourth-order valence-corrected chi connectivity index (χ4v) is 8.39. The van der Waals surface area contributed by atoms with Crippen molar-refractivity contribution in [2.75, 3.05) is 36.5 Å². The molecule has 0 unspecified atom stereocenters. The van der Waals surface area contributed by atoms with Crippen molar-refractivity contribution in [2.24, 2.45) is 5.92 Å². The van der Waals surface area contributed by atoms with Crippen molar-refractivity contribution < 1.29 is 14.0 Å². The third kappa shape index (κ3) is 6.09. The molecule has 2 amide bonds. The lowest BCUT2D eigenvalue weighted by atomic mass is 9.78. The van der Waals surface area contributed by atoms with Gasteiger partial charge in [-0.3, -0.25) is 9.59 Å². The molecule has 0 bridgehead atoms. The van der Waals surface area contributed by atoms with Gasteiger partial charge in [0.25, 0.3) is 5.91 Å². The third-order valence-electron chi connectivity index (χ3n) is 11.9. The summed E-state index contributed by atoms with van der Waals surface area (Å²) in [5.41, 5.74) is 6.06. The number of likely N-dealkylation sites (tertiary alicyclic amines) is 1. The molecular formula is C41H50FN7O2. The van der Waals surface area contributed by atoms with E-state index in [2.05, 4.69) is 52.1 Å². The molecule has 1 saturated heterocycles. The number of nitrogens with zero attached hydrogens (tertiary/aromatic N) is 5. The van der Waals surface area contributed by atoms with Crippen molar-refractivity contribution in [3.8, 4) is 11.3 Å². The molecule has 0 atom stereocenters. The number of nitrogens with one attached hydrogen (secondary N) is 2. The Morgan fingerprint density at radius 1 is 1.04 bits per heavy atom. The van der Waals surface area contributed by atoms with E-state index in [0.717, 1.165) is 58.5 Å². The average molecular weight is 692 g/mol. The van der Waals surface area contributed by atoms with Crippen LogP contribution < -0.4 is 15.5 Å². The van der Waals surface area contributed by atoms with Gasteiger partial charge < -0.3 is 25.0 Å². The van der Waals surface area contributed by atoms with Crippen LogP contribution in [0.3, 0.4) is 0 Å². The summed E-state index contributed by atoms with van der Waals surface area (Å²) >= 11 is 0. The Morgan fingerprint density at radius 2 is 1.80 bits per heavy atom. The molecule has 4 heterocycles. The topological polar surface area (TPSA) is 95.4 Å². The molecule has 10 heteroatoms. The molecule has 2 aromatic carbocycles. The first-order valence-electron chi connectivity index (χ1n) is 18.8. The highest BCUT2D eigenvalue weighted by molar-refractivity contribution is 6.08. The van der Waals surface area contributed by atoms with Crippen molar-refractivity contribution in [3.05, 3.63) is 65.5 Å². The van der Waals surface area contributed by atoms with E-state index in [9.17, 15) is 14.0 Å². The molecular weight excluding hydrogens is 641 g/mol. The number of imidazole rings is 1. The van der Waals surface area contributed by atoms with Crippen molar-refractivity contribution in [1.29, 1.82) is 0 Å². The third-order valence-corrected chi connectivity index (χ3v) is 11.9. The van der Waals surface area contributed by atoms with Crippen LogP contribution in [-0.2, 0) is 10.2 Å². The predicted octanol–water partition coefficient (Wildman–Crippen LogP) is 7.85. The first-order chi connectivity index (χ1) is 24.5. The predicted molar refractivity (Wildman–Crippen MR) is 201 cm³/mol. The normalized spacial score (nSPS) is 22.3. The largest absolute Gasteiger partial charge is 0.344 e. The van der Waals surface area contributed by atoms with Crippen LogP contribution in [0.5, 0.6) is 0 Å². The number of pyridine rings is 1. The number of benzene rings is 2. The van der Waals surface area contributed by atoms with E-state index in [4.69, 9.17) is 9.97 Å². The Balaban J connectivity index is 1.11. The fourth-order valence-electron chi connectivity index (χ4n) is 8.39. The van der Waals surface area contributed by atoms with Gasteiger partial charge in [0.15, 0.2) is 5.82 Å². The molecule has 2 saturated carbocycles. The van der Waals surface area contributed by atoms with Crippen LogP contribution >= 0.6 is 0 Å². The summed E-state index contributed by atoms with van der Waals surface area (Å²) in [7, 11) is 0. The first kappa shape index (κ1) is 33.8. The van der Waals surface area contributed by atoms with Crippen molar-refractivity contribution in [3.63, 3.8) is 0 Å². The maximum atomic E-state index is 13.9. The molecule has 2 aromatic heterocycles. The summed E-state index contributed by atoms with van der Waals surface area (Å²) < 4.78 is 15.7. The van der Waals surface area contributed by atoms with Crippen LogP contribution in [0.2, 0.25) is 0 Å². The van der Waals surface area contributed by atoms with Crippen LogP contribution in [-0.4, -0.2) is 69.1 Å². The van der Waals surface area contributed by atoms with Gasteiger partial charge >= 0.3 is 0 Å². The molecule has 0 spiro atoms. The number of anilines is 3. The van der Waals surface area contributed by atoms with Gasteiger partial charge in [0.1, 0.15) is 12.2 Å². The van der Waals surface area contributed by atoms with Crippen molar-refractivity contribution >= 4 is 40.0 Å². The van der Waals surface area contributed by atoms with E-state index in [1.54, 1.807) is 0 Å². The highest BCUT2D eigenvalue weighted by Gasteiger charge is 2.46. The van der Waals surface area contributed by atoms with Gasteiger partial charge in [-0.05, 0) is 128 Å². The van der Waals surface area contributed by atoms with E-state index in [0.29, 0.717) is 41.9 Å². The number of piperidine rings is 1. The molecule has 268 valence electrons. The monoisotopic (exact) mass is 691 g/mol. The fraction of sp³-hybridized carbons (Fsp3) is 0.512. The minimum Gasteiger partial charge on any atom is -0.344 e. The maximum absolute atomic E-state index is 13.9. The molecule has 4 aromatic rings. The van der Waals surface area contributed by atoms with Crippen LogP contribution in [0.4, 0.5) is 21.6 Å². The second-order valence-electron chi connectivity index (χ2n) is 16.4. The van der Waals surface area contributed by atoms with Gasteiger partial charge in [-0.25, -0.2) is 14.4 Å². The standard InChI is InChI=1S/C41H50FN7O2/c1-25(2)49-24-43-34-21-33(45-37(36(34)49)44-29-11-9-26(3)31(20-29)38(50)46-41(23-42)13-14-41)28-10-12-32-35(19-28)48(39(51)40(32,4)5)22-27-17-30(18-27)47-15-7-6-8-16-47/h9-12,19-21,24-25,27,30H,6-8,13-18,22-23H2,1-5H3,(H,44,45)(H,46,50). The number of rotatable bonds is 10. The van der Waals surface area contributed by atoms with Gasteiger partial charge in [-0.15, -0.1) is 0 Å². The molecule has 2 aliphatic carbocycles. The maximum Gasteiger partial charge on any atom is 0.252 e. The zero-order valence-corrected chi connectivity index (χ0v) is 30.6. The molecule has 8 rings (SSSR count). The van der Waals surface area contributed by atoms with Crippen LogP contribution in [0, 0.1) is 12.8 Å². The number of carbonyl (C=O) groups is 2. The zero-order chi connectivity index (χ0) is 35.7. The first-order valence-corrected chi connectivity index (χ1v) is 18.8. The summed E-state index contributed by atoms with van der Waals surface area (Å²) in [5, 5.41) is 6.43. The van der Waals surface area contributed by atoms with E-state index in [-0.39, 0.29) is 17.9 Å². The van der Waals surface area contributed by atoms with Crippen LogP contribution in [0.25, 0.3) is 22.3 Å². The molecule has 2 N–H and O–H groups in total. The smallest absolute Gasteiger partial charge is 0.252 e. The molecule has 4 aliphatic rings. The molecule has 3 fully saturated rings. The second-order valence-corrected chi connectivity index (χ2v) is 16.4. The number of carbonyl (C=O) groups excluding carboxylic acids is 2. The Hall–Kier alpha value is -4.31. The van der Waals surface area contributed by atoms with E-state index < -0.39 is 17.6 Å². The van der Waals surface area contributed by atoms with Crippen LogP contribution in [0.15, 0.2) is 48.8 Å². The summed E-state index contributed by atoms with van der Waals surface area (Å²) in [6.45, 7) is 12.8. The van der Waals surface area contributed by atoms with Gasteiger partial charge in [-0.1, -0.05) is 24.6 Å². The minimum absolute atomic E-state index is 0.140. The Bertz CT molecular complexity index is 2000. The van der Waals surface area contributed by atoms with Gasteiger partial charge in [0, 0.05) is 41.1 Å². The number of hydrogen-bond acceptors (Lipinski definition) is 6. The molecule has 2 aliphatic heterocycles. The lowest BCUT2D eigenvalue weighted by molar-refractivity contribution is -0.122. The number of fused-ring (bicyclic) bond motifs is 2. The second kappa shape index (κ2) is 12.7. The number of halogens is 1. The van der Waals surface area contributed by atoms with E-state index in [1.165, 1.54) is 32.4 Å². The van der Waals surface area contributed by atoms with Crippen LogP contribution in [0.1, 0.15) is 100 Å². The lowest BCUT2D eigenvalue weighted by Gasteiger charge is -2.45. The summed E-state index contributed by atoms with van der Waals surface area (Å²) in [5.74, 6) is 1.02. The van der Waals surface area contributed by atoms with Crippen molar-refractivity contribution in [2.45, 2.75) is 103 Å².